The summed E-state index contributed by atoms with van der Waals surface area (Å²) in [4.78, 5) is 29.4. The summed E-state index contributed by atoms with van der Waals surface area (Å²) < 4.78 is 37.8. The highest BCUT2D eigenvalue weighted by Crippen LogP contribution is 2.35. The van der Waals surface area contributed by atoms with Crippen LogP contribution in [0.2, 0.25) is 5.02 Å². The molecule has 0 bridgehead atoms. The minimum Gasteiger partial charge on any atom is -0.369 e. The number of carbonyl (C=O) groups is 2. The normalized spacial score (nSPS) is 19.3. The number of hydrogen-bond acceptors (Lipinski definition) is 4. The quantitative estimate of drug-likeness (QED) is 0.596. The van der Waals surface area contributed by atoms with Gasteiger partial charge in [-0.1, -0.05) is 24.4 Å². The van der Waals surface area contributed by atoms with Crippen molar-refractivity contribution >= 4 is 29.4 Å². The molecule has 3 amide bonds. The number of amides is 3. The van der Waals surface area contributed by atoms with Gasteiger partial charge in [0.1, 0.15) is 11.4 Å². The molecule has 0 atom stereocenters. The fourth-order valence-corrected chi connectivity index (χ4v) is 3.60. The summed E-state index contributed by atoms with van der Waals surface area (Å²) in [6.07, 6.45) is -0.216. The Kier molecular flexibility index (Phi) is 5.01. The number of imide groups is 1. The molecule has 1 aromatic rings. The number of carbonyl (C=O) groups excluding carboxylic acids is 2. The predicted octanol–water partition coefficient (Wildman–Crippen LogP) is 3.42. The Bertz CT molecular complexity index is 720. The molecule has 1 aliphatic heterocycles. The SMILES string of the molecule is O=C1NC2(CCCC2)C(=O)N1CCCNc1ncc(C(F)(F)F)cc1Cl. The summed E-state index contributed by atoms with van der Waals surface area (Å²) in [6, 6.07) is 0.417. The van der Waals surface area contributed by atoms with E-state index < -0.39 is 17.3 Å². The number of pyridine rings is 1. The lowest BCUT2D eigenvalue weighted by molar-refractivity contribution is -0.137. The number of rotatable bonds is 5. The zero-order valence-electron chi connectivity index (χ0n) is 13.8. The average molecular weight is 391 g/mol. The van der Waals surface area contributed by atoms with Gasteiger partial charge in [0.2, 0.25) is 0 Å². The van der Waals surface area contributed by atoms with Crippen molar-refractivity contribution in [1.29, 1.82) is 0 Å². The Balaban J connectivity index is 1.52. The van der Waals surface area contributed by atoms with Crippen LogP contribution in [0.15, 0.2) is 12.3 Å². The largest absolute Gasteiger partial charge is 0.417 e. The van der Waals surface area contributed by atoms with Crippen molar-refractivity contribution in [3.63, 3.8) is 0 Å². The first-order chi connectivity index (χ1) is 12.2. The first kappa shape index (κ1) is 18.8. The Morgan fingerprint density at radius 1 is 1.31 bits per heavy atom. The molecular weight excluding hydrogens is 373 g/mol. The van der Waals surface area contributed by atoms with Gasteiger partial charge in [0, 0.05) is 19.3 Å². The topological polar surface area (TPSA) is 74.3 Å². The smallest absolute Gasteiger partial charge is 0.369 e. The van der Waals surface area contributed by atoms with E-state index in [9.17, 15) is 22.8 Å². The van der Waals surface area contributed by atoms with E-state index in [1.165, 1.54) is 4.90 Å². The van der Waals surface area contributed by atoms with Crippen molar-refractivity contribution in [1.82, 2.24) is 15.2 Å². The van der Waals surface area contributed by atoms with Crippen LogP contribution < -0.4 is 10.6 Å². The Morgan fingerprint density at radius 2 is 2.00 bits per heavy atom. The number of anilines is 1. The molecule has 6 nitrogen and oxygen atoms in total. The first-order valence-electron chi connectivity index (χ1n) is 8.34. The van der Waals surface area contributed by atoms with Crippen molar-refractivity contribution in [2.75, 3.05) is 18.4 Å². The molecule has 2 fully saturated rings. The average Bonchev–Trinajstić information content (AvgIpc) is 3.12. The number of nitrogens with zero attached hydrogens (tertiary/aromatic N) is 2. The lowest BCUT2D eigenvalue weighted by atomic mass is 9.98. The molecule has 3 rings (SSSR count). The molecule has 0 aromatic carbocycles. The second kappa shape index (κ2) is 6.94. The molecule has 0 radical (unpaired) electrons. The fraction of sp³-hybridized carbons (Fsp3) is 0.562. The molecule has 1 saturated carbocycles. The van der Waals surface area contributed by atoms with E-state index in [1.807, 2.05) is 0 Å². The third-order valence-electron chi connectivity index (χ3n) is 4.72. The van der Waals surface area contributed by atoms with Crippen LogP contribution in [0.5, 0.6) is 0 Å². The molecule has 1 saturated heterocycles. The van der Waals surface area contributed by atoms with Gasteiger partial charge < -0.3 is 10.6 Å². The molecule has 1 spiro atoms. The Hall–Kier alpha value is -2.03. The van der Waals surface area contributed by atoms with Crippen LogP contribution in [0, 0.1) is 0 Å². The molecule has 0 unspecified atom stereocenters. The summed E-state index contributed by atoms with van der Waals surface area (Å²) in [5.41, 5.74) is -1.66. The fourth-order valence-electron chi connectivity index (χ4n) is 3.36. The van der Waals surface area contributed by atoms with Crippen LogP contribution in [-0.4, -0.2) is 40.5 Å². The van der Waals surface area contributed by atoms with Gasteiger partial charge in [0.25, 0.3) is 5.91 Å². The lowest BCUT2D eigenvalue weighted by Crippen LogP contribution is -2.44. The number of aromatic nitrogens is 1. The van der Waals surface area contributed by atoms with Gasteiger partial charge >= 0.3 is 12.2 Å². The van der Waals surface area contributed by atoms with Gasteiger partial charge in [-0.15, -0.1) is 0 Å². The zero-order valence-corrected chi connectivity index (χ0v) is 14.6. The summed E-state index contributed by atoms with van der Waals surface area (Å²) >= 11 is 5.82. The molecule has 1 aromatic heterocycles. The van der Waals surface area contributed by atoms with Crippen molar-refractivity contribution in [2.24, 2.45) is 0 Å². The monoisotopic (exact) mass is 390 g/mol. The number of hydrogen-bond donors (Lipinski definition) is 2. The third kappa shape index (κ3) is 3.58. The van der Waals surface area contributed by atoms with Crippen LogP contribution in [0.25, 0.3) is 0 Å². The van der Waals surface area contributed by atoms with Gasteiger partial charge in [-0.25, -0.2) is 9.78 Å². The molecule has 10 heteroatoms. The maximum absolute atomic E-state index is 12.6. The summed E-state index contributed by atoms with van der Waals surface area (Å²) in [7, 11) is 0. The number of alkyl halides is 3. The van der Waals surface area contributed by atoms with Crippen LogP contribution in [0.3, 0.4) is 0 Å². The van der Waals surface area contributed by atoms with Gasteiger partial charge in [-0.2, -0.15) is 13.2 Å². The molecule has 2 heterocycles. The van der Waals surface area contributed by atoms with E-state index in [0.717, 1.165) is 18.9 Å². The second-order valence-electron chi connectivity index (χ2n) is 6.51. The standard InChI is InChI=1S/C16H18ClF3N4O2/c17-11-8-10(16(18,19)20)9-22-12(11)21-6-3-7-24-13(25)15(23-14(24)26)4-1-2-5-15/h8-9H,1-7H2,(H,21,22)(H,23,26). The maximum Gasteiger partial charge on any atom is 0.417 e. The molecule has 1 aliphatic carbocycles. The Morgan fingerprint density at radius 3 is 2.62 bits per heavy atom. The predicted molar refractivity (Wildman–Crippen MR) is 88.8 cm³/mol. The van der Waals surface area contributed by atoms with E-state index in [2.05, 4.69) is 15.6 Å². The highest BCUT2D eigenvalue weighted by atomic mass is 35.5. The molecular formula is C16H18ClF3N4O2. The van der Waals surface area contributed by atoms with Crippen molar-refractivity contribution in [3.8, 4) is 0 Å². The van der Waals surface area contributed by atoms with Gasteiger partial charge in [0.05, 0.1) is 10.6 Å². The summed E-state index contributed by atoms with van der Waals surface area (Å²) in [5, 5.41) is 5.48. The van der Waals surface area contributed by atoms with Crippen molar-refractivity contribution in [3.05, 3.63) is 22.8 Å². The minimum absolute atomic E-state index is 0.129. The highest BCUT2D eigenvalue weighted by Gasteiger charge is 2.51. The zero-order chi connectivity index (χ0) is 18.9. The summed E-state index contributed by atoms with van der Waals surface area (Å²) in [5.74, 6) is -0.0604. The van der Waals surface area contributed by atoms with E-state index >= 15 is 0 Å². The summed E-state index contributed by atoms with van der Waals surface area (Å²) in [6.45, 7) is 0.528. The van der Waals surface area contributed by atoms with Crippen LogP contribution in [0.1, 0.15) is 37.7 Å². The van der Waals surface area contributed by atoms with Crippen molar-refractivity contribution < 1.29 is 22.8 Å². The highest BCUT2D eigenvalue weighted by molar-refractivity contribution is 6.32. The first-order valence-corrected chi connectivity index (χ1v) is 8.71. The van der Waals surface area contributed by atoms with Crippen LogP contribution >= 0.6 is 11.6 Å². The van der Waals surface area contributed by atoms with E-state index in [0.29, 0.717) is 32.0 Å². The number of urea groups is 1. The van der Waals surface area contributed by atoms with Crippen LogP contribution in [-0.2, 0) is 11.0 Å². The van der Waals surface area contributed by atoms with E-state index in [4.69, 9.17) is 11.6 Å². The second-order valence-corrected chi connectivity index (χ2v) is 6.92. The Labute approximate surface area is 153 Å². The molecule has 142 valence electrons. The lowest BCUT2D eigenvalue weighted by Gasteiger charge is -2.20. The molecule has 26 heavy (non-hydrogen) atoms. The van der Waals surface area contributed by atoms with E-state index in [-0.39, 0.29) is 29.3 Å². The molecule has 2 N–H and O–H groups in total. The number of nitrogens with one attached hydrogen (secondary N) is 2. The molecule has 2 aliphatic rings. The maximum atomic E-state index is 12.6. The van der Waals surface area contributed by atoms with E-state index in [1.54, 1.807) is 0 Å². The van der Waals surface area contributed by atoms with Gasteiger partial charge in [-0.3, -0.25) is 9.69 Å². The number of halogens is 4. The van der Waals surface area contributed by atoms with Gasteiger partial charge in [0.15, 0.2) is 0 Å². The third-order valence-corrected chi connectivity index (χ3v) is 5.01. The van der Waals surface area contributed by atoms with Crippen molar-refractivity contribution in [2.45, 2.75) is 43.8 Å². The van der Waals surface area contributed by atoms with Gasteiger partial charge in [-0.05, 0) is 25.3 Å². The minimum atomic E-state index is -4.51. The van der Waals surface area contributed by atoms with Crippen LogP contribution in [0.4, 0.5) is 23.8 Å².